The van der Waals surface area contributed by atoms with Crippen molar-refractivity contribution in [3.8, 4) is 0 Å². The molecule has 4 aromatic rings. The molecular weight excluding hydrogens is 312 g/mol. The summed E-state index contributed by atoms with van der Waals surface area (Å²) in [5.74, 6) is 0.513. The molecule has 0 amide bonds. The van der Waals surface area contributed by atoms with Gasteiger partial charge < -0.3 is 0 Å². The molecule has 0 bridgehead atoms. The van der Waals surface area contributed by atoms with Gasteiger partial charge in [0.2, 0.25) is 5.95 Å². The maximum absolute atomic E-state index is 6.40. The second-order valence-electron chi connectivity index (χ2n) is 4.76. The van der Waals surface area contributed by atoms with E-state index < -0.39 is 0 Å². The van der Waals surface area contributed by atoms with Gasteiger partial charge in [-0.2, -0.15) is 10.2 Å². The molecule has 0 atom stereocenters. The third kappa shape index (κ3) is 2.39. The Morgan fingerprint density at radius 1 is 0.826 bits per heavy atom. The summed E-state index contributed by atoms with van der Waals surface area (Å²) in [5, 5.41) is 9.08. The average molecular weight is 323 g/mol. The van der Waals surface area contributed by atoms with Gasteiger partial charge in [0.15, 0.2) is 0 Å². The number of nitrogens with zero attached hydrogens (tertiary/aromatic N) is 6. The Hall–Kier alpha value is -2.99. The van der Waals surface area contributed by atoms with E-state index in [1.165, 1.54) is 0 Å². The molecule has 7 heteroatoms. The van der Waals surface area contributed by atoms with E-state index in [4.69, 9.17) is 11.6 Å². The van der Waals surface area contributed by atoms with Crippen LogP contribution in [0.3, 0.4) is 0 Å². The van der Waals surface area contributed by atoms with Gasteiger partial charge in [0.25, 0.3) is 0 Å². The lowest BCUT2D eigenvalue weighted by atomic mass is 10.2. The third-order valence-electron chi connectivity index (χ3n) is 3.37. The van der Waals surface area contributed by atoms with Crippen LogP contribution in [0.25, 0.3) is 5.52 Å². The van der Waals surface area contributed by atoms with E-state index in [0.717, 1.165) is 16.9 Å². The molecule has 0 fully saturated rings. The number of para-hydroxylation sites is 1. The largest absolute Gasteiger partial charge is 0.274 e. The topological polar surface area (TPSA) is 59.2 Å². The lowest BCUT2D eigenvalue weighted by molar-refractivity contribution is 0.800. The smallest absolute Gasteiger partial charge is 0.234 e. The van der Waals surface area contributed by atoms with Crippen molar-refractivity contribution < 1.29 is 0 Å². The average Bonchev–Trinajstić information content (AvgIpc) is 3.02. The Morgan fingerprint density at radius 3 is 2.48 bits per heavy atom. The minimum absolute atomic E-state index is 0.513. The Morgan fingerprint density at radius 2 is 1.65 bits per heavy atom. The number of hydrogen-bond acceptors (Lipinski definition) is 5. The molecule has 0 radical (unpaired) electrons. The number of benzene rings is 1. The molecule has 1 aromatic carbocycles. The molecule has 0 aliphatic heterocycles. The van der Waals surface area contributed by atoms with Gasteiger partial charge in [0, 0.05) is 18.6 Å². The van der Waals surface area contributed by atoms with Crippen LogP contribution in [0.2, 0.25) is 5.02 Å². The lowest BCUT2D eigenvalue weighted by Gasteiger charge is -2.22. The molecule has 3 heterocycles. The standard InChI is InChI=1S/C16H11ClN6/c17-12-5-1-2-6-13(12)22(16-18-8-4-9-19-16)15-11-21-23-14(15)7-3-10-20-23/h1-11H. The lowest BCUT2D eigenvalue weighted by Crippen LogP contribution is -2.13. The highest BCUT2D eigenvalue weighted by Crippen LogP contribution is 2.38. The van der Waals surface area contributed by atoms with Crippen LogP contribution >= 0.6 is 11.6 Å². The number of halogens is 1. The van der Waals surface area contributed by atoms with Gasteiger partial charge in [0.1, 0.15) is 5.52 Å². The van der Waals surface area contributed by atoms with Crippen molar-refractivity contribution >= 4 is 34.4 Å². The monoisotopic (exact) mass is 322 g/mol. The second kappa shape index (κ2) is 5.66. The minimum Gasteiger partial charge on any atom is -0.274 e. The van der Waals surface area contributed by atoms with Crippen molar-refractivity contribution in [2.24, 2.45) is 0 Å². The summed E-state index contributed by atoms with van der Waals surface area (Å²) < 4.78 is 1.56. The molecule has 6 nitrogen and oxygen atoms in total. The van der Waals surface area contributed by atoms with Crippen LogP contribution in [0.15, 0.2) is 67.3 Å². The summed E-state index contributed by atoms with van der Waals surface area (Å²) in [5.41, 5.74) is 2.41. The highest BCUT2D eigenvalue weighted by Gasteiger charge is 2.21. The summed E-state index contributed by atoms with van der Waals surface area (Å²) in [4.78, 5) is 10.6. The molecule has 0 N–H and O–H groups in total. The zero-order valence-corrected chi connectivity index (χ0v) is 12.7. The van der Waals surface area contributed by atoms with Crippen molar-refractivity contribution in [2.75, 3.05) is 4.90 Å². The summed E-state index contributed by atoms with van der Waals surface area (Å²) in [6.45, 7) is 0. The van der Waals surface area contributed by atoms with E-state index in [0.29, 0.717) is 11.0 Å². The van der Waals surface area contributed by atoms with E-state index >= 15 is 0 Å². The van der Waals surface area contributed by atoms with Crippen LogP contribution < -0.4 is 4.90 Å². The van der Waals surface area contributed by atoms with Crippen LogP contribution in [0.4, 0.5) is 17.3 Å². The molecule has 4 rings (SSSR count). The van der Waals surface area contributed by atoms with Crippen molar-refractivity contribution in [1.29, 1.82) is 0 Å². The molecule has 3 aromatic heterocycles. The number of rotatable bonds is 3. The summed E-state index contributed by atoms with van der Waals surface area (Å²) in [6.07, 6.45) is 6.79. The first kappa shape index (κ1) is 13.7. The van der Waals surface area contributed by atoms with E-state index in [1.807, 2.05) is 41.3 Å². The maximum Gasteiger partial charge on any atom is 0.234 e. The van der Waals surface area contributed by atoms with Crippen LogP contribution in [-0.4, -0.2) is 24.8 Å². The van der Waals surface area contributed by atoms with Crippen LogP contribution in [0.1, 0.15) is 0 Å². The van der Waals surface area contributed by atoms with Crippen LogP contribution in [0.5, 0.6) is 0 Å². The molecule has 0 unspecified atom stereocenters. The SMILES string of the molecule is Clc1ccccc1N(c1ncccn1)c1cnn2ncccc12. The predicted molar refractivity (Wildman–Crippen MR) is 88.3 cm³/mol. The highest BCUT2D eigenvalue weighted by atomic mass is 35.5. The fourth-order valence-electron chi connectivity index (χ4n) is 2.38. The van der Waals surface area contributed by atoms with Gasteiger partial charge >= 0.3 is 0 Å². The molecule has 23 heavy (non-hydrogen) atoms. The third-order valence-corrected chi connectivity index (χ3v) is 3.69. The summed E-state index contributed by atoms with van der Waals surface area (Å²) in [6, 6.07) is 13.1. The van der Waals surface area contributed by atoms with Crippen molar-refractivity contribution in [1.82, 2.24) is 24.8 Å². The van der Waals surface area contributed by atoms with Crippen LogP contribution in [-0.2, 0) is 0 Å². The first-order valence-electron chi connectivity index (χ1n) is 6.95. The van der Waals surface area contributed by atoms with Gasteiger partial charge in [-0.15, -0.1) is 4.63 Å². The van der Waals surface area contributed by atoms with Gasteiger partial charge in [-0.05, 0) is 30.3 Å². The fraction of sp³-hybridized carbons (Fsp3) is 0. The van der Waals surface area contributed by atoms with Crippen molar-refractivity contribution in [3.05, 3.63) is 72.3 Å². The number of aromatic nitrogens is 5. The molecule has 0 aliphatic rings. The zero-order valence-electron chi connectivity index (χ0n) is 11.9. The second-order valence-corrected chi connectivity index (χ2v) is 5.17. The van der Waals surface area contributed by atoms with Crippen molar-refractivity contribution in [3.63, 3.8) is 0 Å². The van der Waals surface area contributed by atoms with E-state index in [1.54, 1.807) is 35.5 Å². The summed E-state index contributed by atoms with van der Waals surface area (Å²) >= 11 is 6.40. The first-order valence-corrected chi connectivity index (χ1v) is 7.33. The van der Waals surface area contributed by atoms with Gasteiger partial charge in [0.05, 0.1) is 22.6 Å². The molecule has 0 saturated carbocycles. The number of anilines is 3. The molecule has 0 spiro atoms. The van der Waals surface area contributed by atoms with Gasteiger partial charge in [-0.1, -0.05) is 23.7 Å². The summed E-state index contributed by atoms with van der Waals surface area (Å²) in [7, 11) is 0. The van der Waals surface area contributed by atoms with Crippen molar-refractivity contribution in [2.45, 2.75) is 0 Å². The number of hydrogen-bond donors (Lipinski definition) is 0. The predicted octanol–water partition coefficient (Wildman–Crippen LogP) is 3.64. The first-order chi connectivity index (χ1) is 11.3. The Balaban J connectivity index is 1.98. The minimum atomic E-state index is 0.513. The Kier molecular flexibility index (Phi) is 3.36. The van der Waals surface area contributed by atoms with E-state index in [9.17, 15) is 0 Å². The normalized spacial score (nSPS) is 10.8. The zero-order chi connectivity index (χ0) is 15.6. The van der Waals surface area contributed by atoms with Gasteiger partial charge in [-0.3, -0.25) is 4.90 Å². The fourth-order valence-corrected chi connectivity index (χ4v) is 2.60. The highest BCUT2D eigenvalue weighted by molar-refractivity contribution is 6.33. The Labute approximate surface area is 137 Å². The molecule has 0 aliphatic carbocycles. The maximum atomic E-state index is 6.40. The molecule has 112 valence electrons. The number of fused-ring (bicyclic) bond motifs is 1. The van der Waals surface area contributed by atoms with Crippen LogP contribution in [0, 0.1) is 0 Å². The Bertz CT molecular complexity index is 953. The molecule has 0 saturated heterocycles. The van der Waals surface area contributed by atoms with E-state index in [-0.39, 0.29) is 0 Å². The van der Waals surface area contributed by atoms with Gasteiger partial charge in [-0.25, -0.2) is 9.97 Å². The quantitative estimate of drug-likeness (QED) is 0.576. The van der Waals surface area contributed by atoms with E-state index in [2.05, 4.69) is 20.2 Å². The molecular formula is C16H11ClN6.